The van der Waals surface area contributed by atoms with E-state index in [4.69, 9.17) is 5.11 Å². The van der Waals surface area contributed by atoms with Crippen LogP contribution >= 0.6 is 0 Å². The van der Waals surface area contributed by atoms with Crippen molar-refractivity contribution in [3.05, 3.63) is 29.6 Å². The number of amides is 2. The van der Waals surface area contributed by atoms with Crippen LogP contribution in [0.2, 0.25) is 0 Å². The van der Waals surface area contributed by atoms with Crippen LogP contribution in [-0.2, 0) is 10.0 Å². The second-order valence-corrected chi connectivity index (χ2v) is 5.88. The lowest BCUT2D eigenvalue weighted by Gasteiger charge is -2.09. The van der Waals surface area contributed by atoms with Crippen molar-refractivity contribution in [2.45, 2.75) is 0 Å². The standard InChI is InChI=1S/C11H14FN3O5S/c1-21(19,20)14-5-4-13-11(18)15-9-3-2-7(10(16)17)6-8(9)12/h2-3,6,14H,4-5H2,1H3,(H,16,17)(H2,13,15,18). The van der Waals surface area contributed by atoms with Crippen molar-refractivity contribution in [3.63, 3.8) is 0 Å². The van der Waals surface area contributed by atoms with E-state index >= 15 is 0 Å². The van der Waals surface area contributed by atoms with Crippen LogP contribution < -0.4 is 15.4 Å². The van der Waals surface area contributed by atoms with Crippen LogP contribution in [0.15, 0.2) is 18.2 Å². The average molecular weight is 319 g/mol. The molecule has 0 aliphatic rings. The number of benzene rings is 1. The maximum Gasteiger partial charge on any atom is 0.335 e. The molecule has 0 aromatic heterocycles. The molecule has 21 heavy (non-hydrogen) atoms. The molecule has 0 fully saturated rings. The highest BCUT2D eigenvalue weighted by Gasteiger charge is 2.10. The Morgan fingerprint density at radius 1 is 1.29 bits per heavy atom. The van der Waals surface area contributed by atoms with E-state index in [0.29, 0.717) is 0 Å². The lowest BCUT2D eigenvalue weighted by molar-refractivity contribution is 0.0696. The Bertz CT molecular complexity index is 647. The predicted octanol–water partition coefficient (Wildman–Crippen LogP) is 0.195. The van der Waals surface area contributed by atoms with Gasteiger partial charge in [-0.05, 0) is 18.2 Å². The number of anilines is 1. The lowest BCUT2D eigenvalue weighted by atomic mass is 10.2. The number of hydrogen-bond acceptors (Lipinski definition) is 4. The normalized spacial score (nSPS) is 11.0. The molecule has 0 aliphatic carbocycles. The van der Waals surface area contributed by atoms with Gasteiger partial charge in [-0.1, -0.05) is 0 Å². The summed E-state index contributed by atoms with van der Waals surface area (Å²) >= 11 is 0. The second kappa shape index (κ2) is 6.99. The van der Waals surface area contributed by atoms with Crippen molar-refractivity contribution in [3.8, 4) is 0 Å². The molecular formula is C11H14FN3O5S. The molecular weight excluding hydrogens is 305 g/mol. The Balaban J connectivity index is 2.50. The monoisotopic (exact) mass is 319 g/mol. The summed E-state index contributed by atoms with van der Waals surface area (Å²) in [6.07, 6.45) is 0.979. The third-order valence-corrected chi connectivity index (χ3v) is 2.97. The number of sulfonamides is 1. The highest BCUT2D eigenvalue weighted by atomic mass is 32.2. The van der Waals surface area contributed by atoms with Gasteiger partial charge in [0, 0.05) is 13.1 Å². The zero-order valence-corrected chi connectivity index (χ0v) is 11.8. The third-order valence-electron chi connectivity index (χ3n) is 2.24. The first-order chi connectivity index (χ1) is 9.69. The highest BCUT2D eigenvalue weighted by molar-refractivity contribution is 7.88. The Kier molecular flexibility index (Phi) is 5.61. The largest absolute Gasteiger partial charge is 0.478 e. The van der Waals surface area contributed by atoms with Gasteiger partial charge in [0.05, 0.1) is 17.5 Å². The van der Waals surface area contributed by atoms with E-state index in [-0.39, 0.29) is 24.3 Å². The Hall–Kier alpha value is -2.20. The molecule has 1 aromatic carbocycles. The molecule has 116 valence electrons. The number of carboxylic acid groups (broad SMARTS) is 1. The van der Waals surface area contributed by atoms with Gasteiger partial charge in [-0.2, -0.15) is 0 Å². The van der Waals surface area contributed by atoms with Crippen LogP contribution in [-0.4, -0.2) is 44.9 Å². The molecule has 0 spiro atoms. The first kappa shape index (κ1) is 16.9. The molecule has 0 radical (unpaired) electrons. The summed E-state index contributed by atoms with van der Waals surface area (Å²) in [6.45, 7) is 0.000416. The number of urea groups is 1. The highest BCUT2D eigenvalue weighted by Crippen LogP contribution is 2.15. The quantitative estimate of drug-likeness (QED) is 0.557. The molecule has 0 unspecified atom stereocenters. The lowest BCUT2D eigenvalue weighted by Crippen LogP contribution is -2.36. The number of nitrogens with one attached hydrogen (secondary N) is 3. The summed E-state index contributed by atoms with van der Waals surface area (Å²) in [6, 6.07) is 2.30. The molecule has 0 saturated carbocycles. The zero-order valence-electron chi connectivity index (χ0n) is 11.0. The van der Waals surface area contributed by atoms with E-state index in [1.54, 1.807) is 0 Å². The van der Waals surface area contributed by atoms with Crippen LogP contribution in [0.4, 0.5) is 14.9 Å². The molecule has 1 rings (SSSR count). The third kappa shape index (κ3) is 6.19. The first-order valence-electron chi connectivity index (χ1n) is 5.71. The van der Waals surface area contributed by atoms with Gasteiger partial charge in [0.1, 0.15) is 5.82 Å². The fourth-order valence-electron chi connectivity index (χ4n) is 1.33. The molecule has 2 amide bonds. The fraction of sp³-hybridized carbons (Fsp3) is 0.273. The van der Waals surface area contributed by atoms with Crippen LogP contribution in [0.1, 0.15) is 10.4 Å². The summed E-state index contributed by atoms with van der Waals surface area (Å²) < 4.78 is 37.2. The summed E-state index contributed by atoms with van der Waals surface area (Å²) in [4.78, 5) is 22.0. The van der Waals surface area contributed by atoms with E-state index in [1.165, 1.54) is 0 Å². The molecule has 0 saturated heterocycles. The van der Waals surface area contributed by atoms with Crippen molar-refractivity contribution < 1.29 is 27.5 Å². The van der Waals surface area contributed by atoms with Crippen LogP contribution in [0.5, 0.6) is 0 Å². The van der Waals surface area contributed by atoms with Gasteiger partial charge in [-0.3, -0.25) is 0 Å². The Labute approximate surface area is 120 Å². The molecule has 0 heterocycles. The smallest absolute Gasteiger partial charge is 0.335 e. The molecule has 1 aromatic rings. The number of carboxylic acids is 1. The minimum Gasteiger partial charge on any atom is -0.478 e. The number of carbonyl (C=O) groups is 2. The SMILES string of the molecule is CS(=O)(=O)NCCNC(=O)Nc1ccc(C(=O)O)cc1F. The van der Waals surface area contributed by atoms with Crippen molar-refractivity contribution in [2.75, 3.05) is 24.7 Å². The second-order valence-electron chi connectivity index (χ2n) is 4.05. The number of aromatic carboxylic acids is 1. The number of rotatable bonds is 6. The van der Waals surface area contributed by atoms with Crippen LogP contribution in [0.3, 0.4) is 0 Å². The molecule has 0 atom stereocenters. The molecule has 0 bridgehead atoms. The molecule has 10 heteroatoms. The van der Waals surface area contributed by atoms with Gasteiger partial charge in [0.15, 0.2) is 0 Å². The van der Waals surface area contributed by atoms with Crippen molar-refractivity contribution in [1.82, 2.24) is 10.0 Å². The zero-order chi connectivity index (χ0) is 16.0. The minimum absolute atomic E-state index is 0.00725. The van der Waals surface area contributed by atoms with Gasteiger partial charge >= 0.3 is 12.0 Å². The average Bonchev–Trinajstić information content (AvgIpc) is 2.36. The van der Waals surface area contributed by atoms with E-state index in [9.17, 15) is 22.4 Å². The van der Waals surface area contributed by atoms with Crippen LogP contribution in [0.25, 0.3) is 0 Å². The van der Waals surface area contributed by atoms with E-state index < -0.39 is 27.8 Å². The fourth-order valence-corrected chi connectivity index (χ4v) is 1.80. The number of halogens is 1. The van der Waals surface area contributed by atoms with Gasteiger partial charge in [0.2, 0.25) is 10.0 Å². The molecule has 4 N–H and O–H groups in total. The maximum atomic E-state index is 13.5. The first-order valence-corrected chi connectivity index (χ1v) is 7.60. The Morgan fingerprint density at radius 3 is 2.48 bits per heavy atom. The van der Waals surface area contributed by atoms with E-state index in [0.717, 1.165) is 24.5 Å². The van der Waals surface area contributed by atoms with Crippen molar-refractivity contribution >= 4 is 27.7 Å². The molecule has 8 nitrogen and oxygen atoms in total. The van der Waals surface area contributed by atoms with Crippen molar-refractivity contribution in [1.29, 1.82) is 0 Å². The van der Waals surface area contributed by atoms with E-state index in [1.807, 2.05) is 0 Å². The topological polar surface area (TPSA) is 125 Å². The summed E-state index contributed by atoms with van der Waals surface area (Å²) in [7, 11) is -3.34. The number of hydrogen-bond donors (Lipinski definition) is 4. The molecule has 0 aliphatic heterocycles. The summed E-state index contributed by atoms with van der Waals surface area (Å²) in [5, 5.41) is 13.2. The van der Waals surface area contributed by atoms with Gasteiger partial charge in [-0.15, -0.1) is 0 Å². The maximum absolute atomic E-state index is 13.5. The minimum atomic E-state index is -3.34. The van der Waals surface area contributed by atoms with Gasteiger partial charge in [0.25, 0.3) is 0 Å². The predicted molar refractivity (Wildman–Crippen MR) is 73.2 cm³/mol. The van der Waals surface area contributed by atoms with E-state index in [2.05, 4.69) is 15.4 Å². The summed E-state index contributed by atoms with van der Waals surface area (Å²) in [5.41, 5.74) is -0.426. The Morgan fingerprint density at radius 2 is 1.95 bits per heavy atom. The van der Waals surface area contributed by atoms with Crippen LogP contribution in [0, 0.1) is 5.82 Å². The summed E-state index contributed by atoms with van der Waals surface area (Å²) in [5.74, 6) is -2.17. The van der Waals surface area contributed by atoms with Crippen molar-refractivity contribution in [2.24, 2.45) is 0 Å². The number of carbonyl (C=O) groups excluding carboxylic acids is 1. The van der Waals surface area contributed by atoms with Gasteiger partial charge in [-0.25, -0.2) is 27.1 Å². The van der Waals surface area contributed by atoms with Gasteiger partial charge < -0.3 is 15.7 Å².